The first-order valence-corrected chi connectivity index (χ1v) is 9.67. The van der Waals surface area contributed by atoms with E-state index in [9.17, 15) is 9.18 Å². The van der Waals surface area contributed by atoms with Crippen LogP contribution in [0.5, 0.6) is 5.75 Å². The first-order valence-electron chi connectivity index (χ1n) is 8.88. The van der Waals surface area contributed by atoms with E-state index in [0.717, 1.165) is 27.9 Å². The highest BCUT2D eigenvalue weighted by molar-refractivity contribution is 9.10. The van der Waals surface area contributed by atoms with Crippen molar-refractivity contribution in [1.82, 2.24) is 9.80 Å². The van der Waals surface area contributed by atoms with Gasteiger partial charge < -0.3 is 14.5 Å². The smallest absolute Gasteiger partial charge is 0.223 e. The van der Waals surface area contributed by atoms with E-state index in [1.807, 2.05) is 42.1 Å². The third-order valence-corrected chi connectivity index (χ3v) is 4.92. The summed E-state index contributed by atoms with van der Waals surface area (Å²) in [6.07, 6.45) is 1.08. The SMILES string of the molecule is COc1ccc(CCC(=O)N(CCN(C)C)Cc2ccc(F)cc2)cc1Br. The summed E-state index contributed by atoms with van der Waals surface area (Å²) in [7, 11) is 5.59. The van der Waals surface area contributed by atoms with Crippen LogP contribution in [-0.2, 0) is 17.8 Å². The van der Waals surface area contributed by atoms with Crippen molar-refractivity contribution in [2.45, 2.75) is 19.4 Å². The Morgan fingerprint density at radius 2 is 1.74 bits per heavy atom. The minimum absolute atomic E-state index is 0.0908. The third-order valence-electron chi connectivity index (χ3n) is 4.30. The van der Waals surface area contributed by atoms with Gasteiger partial charge in [-0.25, -0.2) is 4.39 Å². The van der Waals surface area contributed by atoms with Crippen LogP contribution >= 0.6 is 15.9 Å². The molecule has 2 aromatic carbocycles. The summed E-state index contributed by atoms with van der Waals surface area (Å²) in [6.45, 7) is 1.90. The van der Waals surface area contributed by atoms with E-state index in [1.165, 1.54) is 12.1 Å². The monoisotopic (exact) mass is 436 g/mol. The lowest BCUT2D eigenvalue weighted by Gasteiger charge is -2.25. The first kappa shape index (κ1) is 21.4. The third kappa shape index (κ3) is 6.96. The molecule has 4 nitrogen and oxygen atoms in total. The van der Waals surface area contributed by atoms with Crippen LogP contribution in [0, 0.1) is 5.82 Å². The number of aryl methyl sites for hydroxylation is 1. The second-order valence-corrected chi connectivity index (χ2v) is 7.57. The average molecular weight is 437 g/mol. The molecule has 0 saturated heterocycles. The largest absolute Gasteiger partial charge is 0.496 e. The number of benzene rings is 2. The van der Waals surface area contributed by atoms with Gasteiger partial charge in [-0.15, -0.1) is 0 Å². The lowest BCUT2D eigenvalue weighted by molar-refractivity contribution is -0.131. The predicted molar refractivity (Wildman–Crippen MR) is 109 cm³/mol. The molecule has 0 radical (unpaired) electrons. The number of ether oxygens (including phenoxy) is 1. The van der Waals surface area contributed by atoms with Crippen LogP contribution in [0.15, 0.2) is 46.9 Å². The van der Waals surface area contributed by atoms with Gasteiger partial charge >= 0.3 is 0 Å². The van der Waals surface area contributed by atoms with E-state index in [0.29, 0.717) is 25.9 Å². The molecule has 0 atom stereocenters. The fourth-order valence-corrected chi connectivity index (χ4v) is 3.29. The summed E-state index contributed by atoms with van der Waals surface area (Å²) in [5.74, 6) is 0.595. The lowest BCUT2D eigenvalue weighted by atomic mass is 10.1. The molecule has 27 heavy (non-hydrogen) atoms. The average Bonchev–Trinajstić information content (AvgIpc) is 2.64. The van der Waals surface area contributed by atoms with Crippen molar-refractivity contribution >= 4 is 21.8 Å². The van der Waals surface area contributed by atoms with E-state index in [2.05, 4.69) is 15.9 Å². The van der Waals surface area contributed by atoms with Gasteiger partial charge in [-0.05, 0) is 71.8 Å². The number of rotatable bonds is 9. The van der Waals surface area contributed by atoms with Gasteiger partial charge in [0, 0.05) is 26.1 Å². The Hall–Kier alpha value is -1.92. The second kappa shape index (κ2) is 10.4. The molecule has 146 valence electrons. The molecule has 0 heterocycles. The molecular formula is C21H26BrFN2O2. The number of halogens is 2. The minimum atomic E-state index is -0.269. The molecule has 0 unspecified atom stereocenters. The van der Waals surface area contributed by atoms with Gasteiger partial charge in [0.1, 0.15) is 11.6 Å². The van der Waals surface area contributed by atoms with Gasteiger partial charge in [-0.2, -0.15) is 0 Å². The fraction of sp³-hybridized carbons (Fsp3) is 0.381. The number of carbonyl (C=O) groups is 1. The van der Waals surface area contributed by atoms with Gasteiger partial charge in [0.2, 0.25) is 5.91 Å². The van der Waals surface area contributed by atoms with Crippen LogP contribution in [0.3, 0.4) is 0 Å². The van der Waals surface area contributed by atoms with Crippen molar-refractivity contribution in [3.63, 3.8) is 0 Å². The van der Waals surface area contributed by atoms with E-state index in [4.69, 9.17) is 4.74 Å². The van der Waals surface area contributed by atoms with Crippen LogP contribution in [0.4, 0.5) is 4.39 Å². The van der Waals surface area contributed by atoms with E-state index < -0.39 is 0 Å². The van der Waals surface area contributed by atoms with Gasteiger partial charge in [0.15, 0.2) is 0 Å². The van der Waals surface area contributed by atoms with Crippen LogP contribution in [-0.4, -0.2) is 50.0 Å². The molecule has 0 spiro atoms. The van der Waals surface area contributed by atoms with E-state index >= 15 is 0 Å². The number of hydrogen-bond acceptors (Lipinski definition) is 3. The molecule has 0 aliphatic heterocycles. The summed E-state index contributed by atoms with van der Waals surface area (Å²) in [5, 5.41) is 0. The quantitative estimate of drug-likeness (QED) is 0.592. The fourth-order valence-electron chi connectivity index (χ4n) is 2.70. The topological polar surface area (TPSA) is 32.8 Å². The predicted octanol–water partition coefficient (Wildman–Crippen LogP) is 4.12. The van der Waals surface area contributed by atoms with Crippen LogP contribution < -0.4 is 4.74 Å². The molecule has 2 rings (SSSR count). The van der Waals surface area contributed by atoms with Gasteiger partial charge in [0.25, 0.3) is 0 Å². The zero-order chi connectivity index (χ0) is 19.8. The normalized spacial score (nSPS) is 10.9. The summed E-state index contributed by atoms with van der Waals surface area (Å²) in [5.41, 5.74) is 2.00. The highest BCUT2D eigenvalue weighted by atomic mass is 79.9. The van der Waals surface area contributed by atoms with Crippen molar-refractivity contribution < 1.29 is 13.9 Å². The van der Waals surface area contributed by atoms with Gasteiger partial charge in [-0.1, -0.05) is 18.2 Å². The molecule has 0 N–H and O–H groups in total. The maximum atomic E-state index is 13.1. The molecule has 2 aromatic rings. The van der Waals surface area contributed by atoms with E-state index in [1.54, 1.807) is 19.2 Å². The number of hydrogen-bond donors (Lipinski definition) is 0. The Labute approximate surface area is 169 Å². The van der Waals surface area contributed by atoms with Crippen molar-refractivity contribution in [2.75, 3.05) is 34.3 Å². The zero-order valence-corrected chi connectivity index (χ0v) is 17.6. The molecule has 6 heteroatoms. The molecule has 0 fully saturated rings. The molecular weight excluding hydrogens is 411 g/mol. The molecule has 0 aromatic heterocycles. The van der Waals surface area contributed by atoms with Gasteiger partial charge in [0.05, 0.1) is 11.6 Å². The number of methoxy groups -OCH3 is 1. The Kier molecular flexibility index (Phi) is 8.25. The van der Waals surface area contributed by atoms with Crippen LogP contribution in [0.2, 0.25) is 0 Å². The summed E-state index contributed by atoms with van der Waals surface area (Å²) in [4.78, 5) is 16.7. The molecule has 1 amide bonds. The summed E-state index contributed by atoms with van der Waals surface area (Å²) < 4.78 is 19.3. The van der Waals surface area contributed by atoms with Crippen molar-refractivity contribution in [1.29, 1.82) is 0 Å². The number of nitrogens with zero attached hydrogens (tertiary/aromatic N) is 2. The number of carbonyl (C=O) groups excluding carboxylic acids is 1. The Bertz CT molecular complexity index is 750. The van der Waals surface area contributed by atoms with Crippen molar-refractivity contribution in [3.8, 4) is 5.75 Å². The molecule has 0 aliphatic rings. The molecule has 0 saturated carbocycles. The highest BCUT2D eigenvalue weighted by Gasteiger charge is 2.15. The first-order chi connectivity index (χ1) is 12.9. The van der Waals surface area contributed by atoms with Crippen LogP contribution in [0.25, 0.3) is 0 Å². The Morgan fingerprint density at radius 3 is 2.33 bits per heavy atom. The Balaban J connectivity index is 2.01. The molecule has 0 aliphatic carbocycles. The Morgan fingerprint density at radius 1 is 1.07 bits per heavy atom. The standard InChI is InChI=1S/C21H26BrFN2O2/c1-24(2)12-13-25(15-17-4-8-18(23)9-5-17)21(26)11-7-16-6-10-20(27-3)19(22)14-16/h4-6,8-10,14H,7,11-13,15H2,1-3H3. The van der Waals surface area contributed by atoms with Crippen LogP contribution in [0.1, 0.15) is 17.5 Å². The number of amides is 1. The second-order valence-electron chi connectivity index (χ2n) is 6.71. The van der Waals surface area contributed by atoms with Crippen molar-refractivity contribution in [2.24, 2.45) is 0 Å². The van der Waals surface area contributed by atoms with Gasteiger partial charge in [-0.3, -0.25) is 4.79 Å². The molecule has 0 bridgehead atoms. The lowest BCUT2D eigenvalue weighted by Crippen LogP contribution is -2.36. The maximum absolute atomic E-state index is 13.1. The summed E-state index contributed by atoms with van der Waals surface area (Å²) in [6, 6.07) is 12.2. The number of likely N-dealkylation sites (N-methyl/N-ethyl adjacent to an activating group) is 1. The zero-order valence-electron chi connectivity index (χ0n) is 16.0. The maximum Gasteiger partial charge on any atom is 0.223 e. The summed E-state index contributed by atoms with van der Waals surface area (Å²) >= 11 is 3.48. The van der Waals surface area contributed by atoms with E-state index in [-0.39, 0.29) is 11.7 Å². The highest BCUT2D eigenvalue weighted by Crippen LogP contribution is 2.26. The van der Waals surface area contributed by atoms with Crippen molar-refractivity contribution in [3.05, 3.63) is 63.9 Å². The minimum Gasteiger partial charge on any atom is -0.496 e.